The van der Waals surface area contributed by atoms with Crippen LogP contribution in [0.2, 0.25) is 0 Å². The SMILES string of the molecule is CCC(C)c1cccc(C(C)(C)c2cccc(C(C)CC)c2Oc2ccc(N)cc2)c1Oc1ccc(N)cc1. The molecule has 2 atom stereocenters. The van der Waals surface area contributed by atoms with Crippen LogP contribution in [0.25, 0.3) is 0 Å². The minimum absolute atomic E-state index is 0.335. The molecule has 0 radical (unpaired) electrons. The zero-order valence-electron chi connectivity index (χ0n) is 24.1. The standard InChI is InChI=1S/C35H42N2O2/c1-7-23(3)29-11-9-13-31(33(29)38-27-19-15-25(36)16-20-27)35(5,6)32-14-10-12-30(24(4)8-2)34(32)39-28-21-17-26(37)18-22-28/h9-24H,7-8,36-37H2,1-6H3. The lowest BCUT2D eigenvalue weighted by atomic mass is 9.74. The average Bonchev–Trinajstić information content (AvgIpc) is 2.94. The zero-order valence-corrected chi connectivity index (χ0v) is 24.1. The molecule has 0 fully saturated rings. The highest BCUT2D eigenvalue weighted by Gasteiger charge is 2.33. The number of nitrogen functional groups attached to an aromatic ring is 2. The summed E-state index contributed by atoms with van der Waals surface area (Å²) in [4.78, 5) is 0. The number of hydrogen-bond donors (Lipinski definition) is 2. The summed E-state index contributed by atoms with van der Waals surface area (Å²) in [5.74, 6) is 4.00. The molecule has 0 aliphatic carbocycles. The van der Waals surface area contributed by atoms with Crippen LogP contribution >= 0.6 is 0 Å². The summed E-state index contributed by atoms with van der Waals surface area (Å²) in [6.07, 6.45) is 2.02. The third-order valence-corrected chi connectivity index (χ3v) is 7.92. The van der Waals surface area contributed by atoms with Gasteiger partial charge in [-0.15, -0.1) is 0 Å². The Morgan fingerprint density at radius 3 is 1.28 bits per heavy atom. The predicted molar refractivity (Wildman–Crippen MR) is 164 cm³/mol. The molecule has 2 unspecified atom stereocenters. The fraction of sp³-hybridized carbons (Fsp3) is 0.314. The fourth-order valence-electron chi connectivity index (χ4n) is 4.99. The summed E-state index contributed by atoms with van der Waals surface area (Å²) < 4.78 is 13.4. The van der Waals surface area contributed by atoms with Crippen molar-refractivity contribution in [1.29, 1.82) is 0 Å². The Balaban J connectivity index is 1.91. The van der Waals surface area contributed by atoms with Gasteiger partial charge in [0.1, 0.15) is 23.0 Å². The van der Waals surface area contributed by atoms with Gasteiger partial charge in [-0.05, 0) is 84.3 Å². The van der Waals surface area contributed by atoms with Crippen LogP contribution in [0.3, 0.4) is 0 Å². The van der Waals surface area contributed by atoms with Crippen molar-refractivity contribution in [3.05, 3.63) is 107 Å². The largest absolute Gasteiger partial charge is 0.457 e. The van der Waals surface area contributed by atoms with E-state index in [2.05, 4.69) is 77.9 Å². The van der Waals surface area contributed by atoms with E-state index in [1.807, 2.05) is 48.5 Å². The third kappa shape index (κ3) is 6.06. The molecule has 4 nitrogen and oxygen atoms in total. The highest BCUT2D eigenvalue weighted by molar-refractivity contribution is 5.58. The van der Waals surface area contributed by atoms with Crippen LogP contribution in [-0.4, -0.2) is 0 Å². The maximum absolute atomic E-state index is 6.69. The minimum atomic E-state index is -0.431. The van der Waals surface area contributed by atoms with Crippen molar-refractivity contribution in [2.45, 2.75) is 71.6 Å². The first kappa shape index (κ1) is 28.1. The molecular weight excluding hydrogens is 480 g/mol. The molecule has 0 saturated carbocycles. The van der Waals surface area contributed by atoms with Crippen molar-refractivity contribution in [1.82, 2.24) is 0 Å². The number of para-hydroxylation sites is 2. The first-order valence-corrected chi connectivity index (χ1v) is 14.0. The lowest BCUT2D eigenvalue weighted by Gasteiger charge is -2.33. The topological polar surface area (TPSA) is 70.5 Å². The van der Waals surface area contributed by atoms with Crippen LogP contribution < -0.4 is 20.9 Å². The highest BCUT2D eigenvalue weighted by atomic mass is 16.5. The van der Waals surface area contributed by atoms with E-state index in [4.69, 9.17) is 20.9 Å². The molecule has 0 saturated heterocycles. The molecule has 0 spiro atoms. The van der Waals surface area contributed by atoms with Crippen LogP contribution in [0, 0.1) is 0 Å². The number of hydrogen-bond acceptors (Lipinski definition) is 4. The molecule has 4 aromatic carbocycles. The van der Waals surface area contributed by atoms with Gasteiger partial charge in [0.25, 0.3) is 0 Å². The second-order valence-corrected chi connectivity index (χ2v) is 11.0. The Bertz CT molecular complexity index is 1280. The van der Waals surface area contributed by atoms with Gasteiger partial charge >= 0.3 is 0 Å². The third-order valence-electron chi connectivity index (χ3n) is 7.92. The lowest BCUT2D eigenvalue weighted by Crippen LogP contribution is -2.22. The van der Waals surface area contributed by atoms with E-state index < -0.39 is 5.41 Å². The molecule has 0 heterocycles. The summed E-state index contributed by atoms with van der Waals surface area (Å²) in [5, 5.41) is 0. The van der Waals surface area contributed by atoms with Crippen LogP contribution in [0.15, 0.2) is 84.9 Å². The number of ether oxygens (including phenoxy) is 2. The molecule has 4 heteroatoms. The average molecular weight is 523 g/mol. The predicted octanol–water partition coefficient (Wildman–Crippen LogP) is 9.79. The second-order valence-electron chi connectivity index (χ2n) is 11.0. The van der Waals surface area contributed by atoms with E-state index in [1.54, 1.807) is 0 Å². The first-order chi connectivity index (χ1) is 18.6. The molecule has 4 N–H and O–H groups in total. The summed E-state index contributed by atoms with van der Waals surface area (Å²) >= 11 is 0. The first-order valence-electron chi connectivity index (χ1n) is 14.0. The summed E-state index contributed by atoms with van der Waals surface area (Å²) in [5.41, 5.74) is 17.5. The van der Waals surface area contributed by atoms with E-state index in [0.29, 0.717) is 23.2 Å². The van der Waals surface area contributed by atoms with Crippen molar-refractivity contribution in [3.8, 4) is 23.0 Å². The van der Waals surface area contributed by atoms with Crippen molar-refractivity contribution in [3.63, 3.8) is 0 Å². The quantitative estimate of drug-likeness (QED) is 0.203. The smallest absolute Gasteiger partial charge is 0.134 e. The van der Waals surface area contributed by atoms with E-state index >= 15 is 0 Å². The molecule has 0 aliphatic rings. The summed E-state index contributed by atoms with van der Waals surface area (Å²) in [6, 6.07) is 28.2. The Kier molecular flexibility index (Phi) is 8.54. The van der Waals surface area contributed by atoms with E-state index in [9.17, 15) is 0 Å². The second kappa shape index (κ2) is 11.9. The Morgan fingerprint density at radius 1 is 0.590 bits per heavy atom. The highest BCUT2D eigenvalue weighted by Crippen LogP contribution is 2.48. The summed E-state index contributed by atoms with van der Waals surface area (Å²) in [7, 11) is 0. The normalized spacial score (nSPS) is 13.1. The Labute approximate surface area is 234 Å². The maximum atomic E-state index is 6.69. The van der Waals surface area contributed by atoms with Gasteiger partial charge in [0, 0.05) is 27.9 Å². The monoisotopic (exact) mass is 522 g/mol. The van der Waals surface area contributed by atoms with E-state index in [-0.39, 0.29) is 0 Å². The summed E-state index contributed by atoms with van der Waals surface area (Å²) in [6.45, 7) is 13.4. The van der Waals surface area contributed by atoms with Gasteiger partial charge in [-0.3, -0.25) is 0 Å². The zero-order chi connectivity index (χ0) is 28.2. The molecule has 204 valence electrons. The Hall–Kier alpha value is -3.92. The fourth-order valence-corrected chi connectivity index (χ4v) is 4.99. The van der Waals surface area contributed by atoms with Crippen molar-refractivity contribution >= 4 is 11.4 Å². The number of nitrogens with two attached hydrogens (primary N) is 2. The minimum Gasteiger partial charge on any atom is -0.457 e. The van der Waals surface area contributed by atoms with Gasteiger partial charge in [-0.25, -0.2) is 0 Å². The van der Waals surface area contributed by atoms with E-state index in [1.165, 1.54) is 11.1 Å². The molecule has 0 amide bonds. The van der Waals surface area contributed by atoms with Crippen molar-refractivity contribution < 1.29 is 9.47 Å². The number of benzene rings is 4. The van der Waals surface area contributed by atoms with Crippen LogP contribution in [0.5, 0.6) is 23.0 Å². The van der Waals surface area contributed by atoms with Gasteiger partial charge in [-0.2, -0.15) is 0 Å². The van der Waals surface area contributed by atoms with Crippen LogP contribution in [0.1, 0.15) is 88.5 Å². The van der Waals surface area contributed by atoms with Gasteiger partial charge in [0.2, 0.25) is 0 Å². The molecule has 39 heavy (non-hydrogen) atoms. The van der Waals surface area contributed by atoms with Crippen LogP contribution in [-0.2, 0) is 5.41 Å². The van der Waals surface area contributed by atoms with Gasteiger partial charge in [0.05, 0.1) is 0 Å². The van der Waals surface area contributed by atoms with Crippen molar-refractivity contribution in [2.75, 3.05) is 11.5 Å². The maximum Gasteiger partial charge on any atom is 0.134 e. The molecule has 4 rings (SSSR count). The number of rotatable bonds is 10. The number of anilines is 2. The van der Waals surface area contributed by atoms with Crippen molar-refractivity contribution in [2.24, 2.45) is 0 Å². The van der Waals surface area contributed by atoms with Gasteiger partial charge < -0.3 is 20.9 Å². The molecule has 0 bridgehead atoms. The van der Waals surface area contributed by atoms with Crippen LogP contribution in [0.4, 0.5) is 11.4 Å². The lowest BCUT2D eigenvalue weighted by molar-refractivity contribution is 0.434. The molecule has 0 aliphatic heterocycles. The Morgan fingerprint density at radius 2 is 0.949 bits per heavy atom. The van der Waals surface area contributed by atoms with Gasteiger partial charge in [0.15, 0.2) is 0 Å². The van der Waals surface area contributed by atoms with E-state index in [0.717, 1.165) is 47.0 Å². The molecular formula is C35H42N2O2. The van der Waals surface area contributed by atoms with Gasteiger partial charge in [-0.1, -0.05) is 77.9 Å². The molecule has 4 aromatic rings. The molecule has 0 aromatic heterocycles.